The molecule has 0 unspecified atom stereocenters. The number of nitrogens with one attached hydrogen (secondary N) is 1. The minimum Gasteiger partial charge on any atom is -0.496 e. The number of hydrogen-bond acceptors (Lipinski definition) is 3. The maximum absolute atomic E-state index is 13.5. The molecule has 1 N–H and O–H groups in total. The second-order valence-corrected chi connectivity index (χ2v) is 8.17. The summed E-state index contributed by atoms with van der Waals surface area (Å²) in [6.07, 6.45) is 5.39. The molecule has 1 aliphatic carbocycles. The van der Waals surface area contributed by atoms with Gasteiger partial charge in [0, 0.05) is 13.1 Å². The number of nitrogens with zero attached hydrogens (tertiary/aromatic N) is 1. The Labute approximate surface area is 163 Å². The average molecular weight is 379 g/mol. The fraction of sp³-hybridized carbons (Fsp3) is 0.667. The number of amides is 1. The van der Waals surface area contributed by atoms with Gasteiger partial charge in [-0.05, 0) is 74.7 Å². The first-order chi connectivity index (χ1) is 12.1. The lowest BCUT2D eigenvalue weighted by molar-refractivity contribution is -0.141. The summed E-state index contributed by atoms with van der Waals surface area (Å²) in [5.74, 6) is 2.77. The summed E-state index contributed by atoms with van der Waals surface area (Å²) in [6.45, 7) is 6.17. The molecule has 2 aliphatic heterocycles. The number of carbonyl (C=O) groups excluding carboxylic acids is 1. The maximum Gasteiger partial charge on any atom is 0.233 e. The van der Waals surface area contributed by atoms with E-state index in [1.54, 1.807) is 7.11 Å². The van der Waals surface area contributed by atoms with Crippen molar-refractivity contribution in [2.24, 2.45) is 11.8 Å². The van der Waals surface area contributed by atoms with Gasteiger partial charge in [-0.25, -0.2) is 0 Å². The van der Waals surface area contributed by atoms with Crippen molar-refractivity contribution in [2.45, 2.75) is 44.4 Å². The van der Waals surface area contributed by atoms with Crippen LogP contribution >= 0.6 is 12.4 Å². The fourth-order valence-corrected chi connectivity index (χ4v) is 5.00. The largest absolute Gasteiger partial charge is 0.496 e. The number of hydrogen-bond donors (Lipinski definition) is 1. The van der Waals surface area contributed by atoms with Crippen molar-refractivity contribution in [3.05, 3.63) is 29.3 Å². The van der Waals surface area contributed by atoms with E-state index < -0.39 is 0 Å². The Morgan fingerprint density at radius 3 is 2.38 bits per heavy atom. The zero-order valence-corrected chi connectivity index (χ0v) is 16.7. The molecular formula is C21H31ClN2O2. The Morgan fingerprint density at radius 2 is 1.85 bits per heavy atom. The van der Waals surface area contributed by atoms with Crippen LogP contribution in [-0.4, -0.2) is 44.1 Å². The molecule has 2 saturated heterocycles. The molecule has 4 nitrogen and oxygen atoms in total. The van der Waals surface area contributed by atoms with E-state index in [-0.39, 0.29) is 17.8 Å². The van der Waals surface area contributed by atoms with E-state index >= 15 is 0 Å². The molecule has 1 amide bonds. The normalized spacial score (nSPS) is 26.9. The summed E-state index contributed by atoms with van der Waals surface area (Å²) in [5.41, 5.74) is 1.97. The number of likely N-dealkylation sites (tertiary alicyclic amines) is 1. The van der Waals surface area contributed by atoms with Crippen LogP contribution in [0.1, 0.15) is 43.2 Å². The molecule has 0 radical (unpaired) electrons. The van der Waals surface area contributed by atoms with Crippen molar-refractivity contribution in [1.29, 1.82) is 0 Å². The van der Waals surface area contributed by atoms with E-state index in [2.05, 4.69) is 35.3 Å². The van der Waals surface area contributed by atoms with Gasteiger partial charge in [0.05, 0.1) is 12.5 Å². The van der Waals surface area contributed by atoms with Crippen molar-refractivity contribution in [1.82, 2.24) is 10.2 Å². The topological polar surface area (TPSA) is 41.6 Å². The molecule has 5 heteroatoms. The Bertz CT molecular complexity index is 645. The number of aryl methyl sites for hydroxylation is 1. The van der Waals surface area contributed by atoms with Crippen LogP contribution in [0.25, 0.3) is 0 Å². The summed E-state index contributed by atoms with van der Waals surface area (Å²) < 4.78 is 5.51. The van der Waals surface area contributed by atoms with Crippen LogP contribution in [0.2, 0.25) is 0 Å². The second-order valence-electron chi connectivity index (χ2n) is 8.17. The lowest BCUT2D eigenvalue weighted by Gasteiger charge is -2.44. The first-order valence-electron chi connectivity index (χ1n) is 9.79. The highest BCUT2D eigenvalue weighted by molar-refractivity contribution is 5.89. The third-order valence-corrected chi connectivity index (χ3v) is 6.88. The highest BCUT2D eigenvalue weighted by atomic mass is 35.5. The lowest BCUT2D eigenvalue weighted by Crippen LogP contribution is -2.51. The standard InChI is InChI=1S/C21H30N2O2.ClH/c1-15-4-5-18(12-19(15)25-2)21(8-3-9-21)20(24)23-10-6-16-13-22-14-17(16)7-11-23;/h4-5,12,16-17,22H,3,6-11,13-14H2,1-2H3;1H/t16-,17+;. The number of fused-ring (bicyclic) bond motifs is 1. The van der Waals surface area contributed by atoms with Gasteiger partial charge in [-0.15, -0.1) is 12.4 Å². The van der Waals surface area contributed by atoms with E-state index in [0.717, 1.165) is 87.0 Å². The molecule has 0 aromatic heterocycles. The number of halogens is 1. The average Bonchev–Trinajstić information content (AvgIpc) is 2.93. The molecule has 1 saturated carbocycles. The Kier molecular flexibility index (Phi) is 5.83. The van der Waals surface area contributed by atoms with Gasteiger partial charge in [0.1, 0.15) is 5.75 Å². The van der Waals surface area contributed by atoms with E-state index in [0.29, 0.717) is 5.91 Å². The van der Waals surface area contributed by atoms with Gasteiger partial charge in [-0.2, -0.15) is 0 Å². The number of carbonyl (C=O) groups is 1. The molecule has 2 atom stereocenters. The SMILES string of the molecule is COc1cc(C2(C(=O)N3CC[C@@H]4CNC[C@@H]4CC3)CCC2)ccc1C.Cl. The highest BCUT2D eigenvalue weighted by Crippen LogP contribution is 2.46. The van der Waals surface area contributed by atoms with Crippen LogP contribution in [0.15, 0.2) is 18.2 Å². The van der Waals surface area contributed by atoms with Gasteiger partial charge in [-0.1, -0.05) is 18.6 Å². The van der Waals surface area contributed by atoms with Crippen LogP contribution in [0, 0.1) is 18.8 Å². The molecule has 3 fully saturated rings. The molecular weight excluding hydrogens is 348 g/mol. The van der Waals surface area contributed by atoms with Gasteiger partial charge in [0.25, 0.3) is 0 Å². The van der Waals surface area contributed by atoms with Crippen molar-refractivity contribution in [3.8, 4) is 5.75 Å². The van der Waals surface area contributed by atoms with Crippen molar-refractivity contribution >= 4 is 18.3 Å². The molecule has 3 aliphatic rings. The summed E-state index contributed by atoms with van der Waals surface area (Å²) in [7, 11) is 1.71. The summed E-state index contributed by atoms with van der Waals surface area (Å²) in [5, 5.41) is 3.52. The number of benzene rings is 1. The third-order valence-electron chi connectivity index (χ3n) is 6.88. The van der Waals surface area contributed by atoms with Crippen LogP contribution in [0.5, 0.6) is 5.75 Å². The number of ether oxygens (including phenoxy) is 1. The third kappa shape index (κ3) is 3.22. The van der Waals surface area contributed by atoms with Crippen LogP contribution < -0.4 is 10.1 Å². The second kappa shape index (κ2) is 7.77. The maximum atomic E-state index is 13.5. The van der Waals surface area contributed by atoms with Crippen LogP contribution in [0.4, 0.5) is 0 Å². The monoisotopic (exact) mass is 378 g/mol. The molecule has 2 heterocycles. The predicted octanol–water partition coefficient (Wildman–Crippen LogP) is 3.31. The van der Waals surface area contributed by atoms with Gasteiger partial charge < -0.3 is 15.0 Å². The number of methoxy groups -OCH3 is 1. The Balaban J connectivity index is 0.00000196. The van der Waals surface area contributed by atoms with Gasteiger partial charge in [0.15, 0.2) is 0 Å². The first-order valence-corrected chi connectivity index (χ1v) is 9.79. The van der Waals surface area contributed by atoms with Crippen molar-refractivity contribution in [3.63, 3.8) is 0 Å². The molecule has 144 valence electrons. The van der Waals surface area contributed by atoms with Crippen molar-refractivity contribution in [2.75, 3.05) is 33.3 Å². The Morgan fingerprint density at radius 1 is 1.19 bits per heavy atom. The first kappa shape index (κ1) is 19.5. The van der Waals surface area contributed by atoms with Gasteiger partial charge in [0.2, 0.25) is 5.91 Å². The summed E-state index contributed by atoms with van der Waals surface area (Å²) >= 11 is 0. The molecule has 0 bridgehead atoms. The van der Waals surface area contributed by atoms with Crippen LogP contribution in [0.3, 0.4) is 0 Å². The summed E-state index contributed by atoms with van der Waals surface area (Å²) in [4.78, 5) is 15.7. The van der Waals surface area contributed by atoms with E-state index in [4.69, 9.17) is 4.74 Å². The lowest BCUT2D eigenvalue weighted by atomic mass is 9.63. The number of rotatable bonds is 3. The Hall–Kier alpha value is -1.26. The smallest absolute Gasteiger partial charge is 0.233 e. The molecule has 1 aromatic rings. The molecule has 26 heavy (non-hydrogen) atoms. The van der Waals surface area contributed by atoms with E-state index in [9.17, 15) is 4.79 Å². The quantitative estimate of drug-likeness (QED) is 0.877. The minimum absolute atomic E-state index is 0. The fourth-order valence-electron chi connectivity index (χ4n) is 5.00. The molecule has 1 aromatic carbocycles. The zero-order valence-electron chi connectivity index (χ0n) is 15.9. The van der Waals surface area contributed by atoms with E-state index in [1.807, 2.05) is 0 Å². The highest BCUT2D eigenvalue weighted by Gasteiger charge is 2.48. The van der Waals surface area contributed by atoms with Gasteiger partial charge >= 0.3 is 0 Å². The van der Waals surface area contributed by atoms with Crippen LogP contribution in [-0.2, 0) is 10.2 Å². The predicted molar refractivity (Wildman–Crippen MR) is 106 cm³/mol. The molecule has 0 spiro atoms. The zero-order chi connectivity index (χ0) is 17.4. The summed E-state index contributed by atoms with van der Waals surface area (Å²) in [6, 6.07) is 6.34. The molecule has 4 rings (SSSR count). The van der Waals surface area contributed by atoms with E-state index in [1.165, 1.54) is 0 Å². The van der Waals surface area contributed by atoms with Crippen molar-refractivity contribution < 1.29 is 9.53 Å². The van der Waals surface area contributed by atoms with Gasteiger partial charge in [-0.3, -0.25) is 4.79 Å². The minimum atomic E-state index is -0.307.